The molecule has 10 nitrogen and oxygen atoms in total. The maximum absolute atomic E-state index is 14.8. The van der Waals surface area contributed by atoms with Gasteiger partial charge >= 0.3 is 17.8 Å². The minimum atomic E-state index is -0.792. The monoisotopic (exact) mass is 683 g/mol. The molecule has 5 aliphatic carbocycles. The first-order chi connectivity index (χ1) is 22.8. The van der Waals surface area contributed by atoms with Crippen molar-refractivity contribution >= 4 is 17.7 Å². The molecule has 0 amide bonds. The van der Waals surface area contributed by atoms with Crippen LogP contribution in [0.3, 0.4) is 0 Å². The molecular formula is C39H57NO9. The zero-order valence-electron chi connectivity index (χ0n) is 31.0. The first-order valence-electron chi connectivity index (χ1n) is 18.3. The Kier molecular flexibility index (Phi) is 8.78. The molecule has 6 rings (SSSR count). The highest BCUT2D eigenvalue weighted by Crippen LogP contribution is 2.75. The number of ketones is 1. The van der Waals surface area contributed by atoms with Crippen LogP contribution in [0.1, 0.15) is 118 Å². The smallest absolute Gasteiger partial charge is 0.481 e. The molecule has 0 saturated heterocycles. The molecular weight excluding hydrogens is 626 g/mol. The summed E-state index contributed by atoms with van der Waals surface area (Å²) in [5.74, 6) is -0.948. The van der Waals surface area contributed by atoms with Gasteiger partial charge in [0.25, 0.3) is 0 Å². The van der Waals surface area contributed by atoms with Gasteiger partial charge in [-0.05, 0) is 118 Å². The molecule has 2 N–H and O–H groups in total. The van der Waals surface area contributed by atoms with E-state index in [0.717, 1.165) is 44.9 Å². The van der Waals surface area contributed by atoms with Crippen molar-refractivity contribution < 1.29 is 37.8 Å². The number of ether oxygens (including phenoxy) is 2. The lowest BCUT2D eigenvalue weighted by Crippen LogP contribution is -2.69. The lowest BCUT2D eigenvalue weighted by molar-refractivity contribution is -0.200. The van der Waals surface area contributed by atoms with E-state index in [2.05, 4.69) is 39.9 Å². The number of hydrogen-bond donors (Lipinski definition) is 2. The summed E-state index contributed by atoms with van der Waals surface area (Å²) in [6.07, 6.45) is 9.43. The van der Waals surface area contributed by atoms with Crippen LogP contribution < -0.4 is 11.1 Å². The molecule has 0 bridgehead atoms. The normalized spacial score (nSPS) is 43.7. The molecule has 272 valence electrons. The first-order valence-corrected chi connectivity index (χ1v) is 18.3. The number of allylic oxidation sites excluding steroid dienone is 2. The van der Waals surface area contributed by atoms with Crippen LogP contribution in [-0.2, 0) is 30.5 Å². The highest BCUT2D eigenvalue weighted by molar-refractivity contribution is 5.95. The van der Waals surface area contributed by atoms with Crippen LogP contribution in [0.4, 0.5) is 0 Å². The Bertz CT molecular complexity index is 1610. The molecule has 1 aromatic rings. The zero-order valence-corrected chi connectivity index (χ0v) is 31.0. The van der Waals surface area contributed by atoms with E-state index in [4.69, 9.17) is 18.3 Å². The van der Waals surface area contributed by atoms with Gasteiger partial charge in [-0.3, -0.25) is 14.4 Å². The van der Waals surface area contributed by atoms with Gasteiger partial charge in [-0.2, -0.15) is 0 Å². The Morgan fingerprint density at radius 3 is 2.33 bits per heavy atom. The summed E-state index contributed by atoms with van der Waals surface area (Å²) in [7, 11) is 1.39. The van der Waals surface area contributed by atoms with E-state index in [0.29, 0.717) is 31.0 Å². The molecule has 1 aromatic heterocycles. The predicted molar refractivity (Wildman–Crippen MR) is 181 cm³/mol. The molecule has 49 heavy (non-hydrogen) atoms. The fourth-order valence-electron chi connectivity index (χ4n) is 12.1. The molecule has 11 atom stereocenters. The third kappa shape index (κ3) is 5.32. The third-order valence-corrected chi connectivity index (χ3v) is 15.4. The first kappa shape index (κ1) is 36.1. The van der Waals surface area contributed by atoms with E-state index in [9.17, 15) is 24.3 Å². The number of aliphatic carboxylic acids is 1. The molecule has 1 unspecified atom stereocenters. The van der Waals surface area contributed by atoms with Gasteiger partial charge in [0.15, 0.2) is 11.5 Å². The minimum absolute atomic E-state index is 0.00661. The summed E-state index contributed by atoms with van der Waals surface area (Å²) in [4.78, 5) is 51.6. The van der Waals surface area contributed by atoms with Gasteiger partial charge in [0.05, 0.1) is 19.1 Å². The fourth-order valence-corrected chi connectivity index (χ4v) is 12.1. The van der Waals surface area contributed by atoms with E-state index in [1.54, 1.807) is 6.92 Å². The maximum Gasteiger partial charge on any atom is 0.519 e. The molecule has 4 fully saturated rings. The van der Waals surface area contributed by atoms with E-state index in [1.165, 1.54) is 12.7 Å². The van der Waals surface area contributed by atoms with Crippen molar-refractivity contribution in [3.8, 4) is 0 Å². The summed E-state index contributed by atoms with van der Waals surface area (Å²) in [6.45, 7) is 17.4. The number of rotatable bonds is 8. The molecule has 10 heteroatoms. The molecule has 0 aromatic carbocycles. The predicted octanol–water partition coefficient (Wildman–Crippen LogP) is 6.62. The van der Waals surface area contributed by atoms with Crippen LogP contribution in [-0.4, -0.2) is 48.6 Å². The minimum Gasteiger partial charge on any atom is -0.481 e. The molecule has 0 spiro atoms. The van der Waals surface area contributed by atoms with Gasteiger partial charge in [0.1, 0.15) is 18.4 Å². The second-order valence-corrected chi connectivity index (χ2v) is 18.0. The van der Waals surface area contributed by atoms with Gasteiger partial charge < -0.3 is 28.7 Å². The average molecular weight is 684 g/mol. The quantitative estimate of drug-likeness (QED) is 0.287. The Labute approximate surface area is 290 Å². The standard InChI is InChI=1S/C39H57NO9/c1-22(31(42)46-9)40-29-11-12-36(5)28(37(29,6)21-47-20-27-23(2)48-33(45)49-27)10-13-39(8)30(36)26(41)18-24-25-19-35(4,32(43)44)15-14-34(25,3)16-17-38(24,39)7/h18,22,25,28-30,40H,10-17,19-21H2,1-9H3,(H,43,44)/t22-,25-,28?,29-,30+,34+,35-,36-,37-,38+,39+/m0/s1. The summed E-state index contributed by atoms with van der Waals surface area (Å²) in [5, 5.41) is 13.8. The van der Waals surface area contributed by atoms with Gasteiger partial charge in [0, 0.05) is 17.4 Å². The lowest BCUT2D eigenvalue weighted by Gasteiger charge is -2.71. The highest BCUT2D eigenvalue weighted by atomic mass is 16.6. The van der Waals surface area contributed by atoms with E-state index < -0.39 is 28.7 Å². The topological polar surface area (TPSA) is 145 Å². The Hall–Kier alpha value is -2.72. The van der Waals surface area contributed by atoms with Crippen LogP contribution in [0.2, 0.25) is 0 Å². The van der Waals surface area contributed by atoms with Crippen LogP contribution in [0.5, 0.6) is 0 Å². The van der Waals surface area contributed by atoms with Crippen molar-refractivity contribution in [1.29, 1.82) is 0 Å². The van der Waals surface area contributed by atoms with Gasteiger partial charge in [-0.25, -0.2) is 4.79 Å². The van der Waals surface area contributed by atoms with Crippen LogP contribution in [0.15, 0.2) is 25.3 Å². The summed E-state index contributed by atoms with van der Waals surface area (Å²) < 4.78 is 21.7. The van der Waals surface area contributed by atoms with Gasteiger partial charge in [-0.15, -0.1) is 0 Å². The molecule has 0 radical (unpaired) electrons. The number of methoxy groups -OCH3 is 1. The average Bonchev–Trinajstić information content (AvgIpc) is 3.35. The van der Waals surface area contributed by atoms with Crippen LogP contribution in [0.25, 0.3) is 0 Å². The number of hydrogen-bond acceptors (Lipinski definition) is 9. The van der Waals surface area contributed by atoms with Crippen molar-refractivity contribution in [1.82, 2.24) is 5.32 Å². The van der Waals surface area contributed by atoms with Gasteiger partial charge in [0.2, 0.25) is 0 Å². The maximum atomic E-state index is 14.8. The number of aryl methyl sites for hydroxylation is 1. The van der Waals surface area contributed by atoms with Crippen molar-refractivity contribution in [2.75, 3.05) is 13.7 Å². The Morgan fingerprint density at radius 2 is 1.69 bits per heavy atom. The van der Waals surface area contributed by atoms with Crippen molar-refractivity contribution in [3.63, 3.8) is 0 Å². The number of carbonyl (C=O) groups excluding carboxylic acids is 2. The summed E-state index contributed by atoms with van der Waals surface area (Å²) in [5.41, 5.74) is -0.940. The highest BCUT2D eigenvalue weighted by Gasteiger charge is 2.71. The molecule has 4 saturated carbocycles. The second kappa shape index (κ2) is 11.9. The fraction of sp³-hybridized carbons (Fsp3) is 0.795. The summed E-state index contributed by atoms with van der Waals surface area (Å²) in [6, 6.07) is -0.612. The van der Waals surface area contributed by atoms with Crippen molar-refractivity contribution in [2.24, 2.45) is 50.2 Å². The van der Waals surface area contributed by atoms with Crippen LogP contribution >= 0.6 is 0 Å². The number of carboxylic acid groups (broad SMARTS) is 1. The molecule has 5 aliphatic rings. The largest absolute Gasteiger partial charge is 0.519 e. The number of esters is 1. The number of fused-ring (bicyclic) bond motifs is 7. The number of carboxylic acids is 1. The molecule has 0 aliphatic heterocycles. The van der Waals surface area contributed by atoms with E-state index in [-0.39, 0.29) is 63.8 Å². The van der Waals surface area contributed by atoms with Gasteiger partial charge in [-0.1, -0.05) is 40.2 Å². The Balaban J connectivity index is 1.37. The Morgan fingerprint density at radius 1 is 1.00 bits per heavy atom. The number of carbonyl (C=O) groups is 3. The summed E-state index contributed by atoms with van der Waals surface area (Å²) >= 11 is 0. The zero-order chi connectivity index (χ0) is 35.9. The van der Waals surface area contributed by atoms with E-state index in [1.807, 2.05) is 19.9 Å². The second-order valence-electron chi connectivity index (χ2n) is 18.0. The number of nitrogens with one attached hydrogen (secondary N) is 1. The van der Waals surface area contributed by atoms with Crippen molar-refractivity contribution in [3.05, 3.63) is 33.8 Å². The third-order valence-electron chi connectivity index (χ3n) is 15.4. The SMILES string of the molecule is COC(=O)[C@H](C)N[C@H]1CC[C@@]2(C)C(CC[C@]3(C)[C@@H]2C(=O)C=C2[C@@H]4C[C@@](C)(C(=O)O)CC[C@]4(C)CC[C@]23C)[C@]1(C)COCc1oc(=O)oc1C. The lowest BCUT2D eigenvalue weighted by atomic mass is 9.33. The van der Waals surface area contributed by atoms with Crippen molar-refractivity contribution in [2.45, 2.75) is 132 Å². The van der Waals surface area contributed by atoms with Crippen LogP contribution in [0, 0.1) is 57.2 Å². The van der Waals surface area contributed by atoms with E-state index >= 15 is 0 Å². The molecule has 1 heterocycles.